The Morgan fingerprint density at radius 1 is 0.255 bits per heavy atom. The molecule has 0 aliphatic heterocycles. The SMILES string of the molecule is c1ccc(-c2ccc(-c3c(-c4ccc(N(c5ccccc5)c5ccc(-c6ccccc6)cc5)cc4)ccc4ccccc34)cc2)cc1. The van der Waals surface area contributed by atoms with Crippen LogP contribution in [0.2, 0.25) is 0 Å². The smallest absolute Gasteiger partial charge is 0.0462 e. The molecule has 0 aromatic heterocycles. The van der Waals surface area contributed by atoms with Gasteiger partial charge in [-0.15, -0.1) is 0 Å². The van der Waals surface area contributed by atoms with Crippen LogP contribution in [0.3, 0.4) is 0 Å². The lowest BCUT2D eigenvalue weighted by Crippen LogP contribution is -2.09. The summed E-state index contributed by atoms with van der Waals surface area (Å²) in [5, 5.41) is 2.50. The summed E-state index contributed by atoms with van der Waals surface area (Å²) in [6, 6.07) is 71.7. The quantitative estimate of drug-likeness (QED) is 0.176. The fourth-order valence-corrected chi connectivity index (χ4v) is 6.53. The minimum absolute atomic E-state index is 1.11. The first-order valence-electron chi connectivity index (χ1n) is 16.1. The van der Waals surface area contributed by atoms with Gasteiger partial charge in [0.1, 0.15) is 0 Å². The normalized spacial score (nSPS) is 11.0. The average molecular weight is 600 g/mol. The summed E-state index contributed by atoms with van der Waals surface area (Å²) in [7, 11) is 0. The highest BCUT2D eigenvalue weighted by Gasteiger charge is 2.16. The Morgan fingerprint density at radius 2 is 0.660 bits per heavy atom. The van der Waals surface area contributed by atoms with Gasteiger partial charge < -0.3 is 4.90 Å². The van der Waals surface area contributed by atoms with Gasteiger partial charge in [-0.05, 0) is 91.7 Å². The van der Waals surface area contributed by atoms with Crippen LogP contribution in [0.1, 0.15) is 0 Å². The molecule has 0 bridgehead atoms. The Morgan fingerprint density at radius 3 is 1.23 bits per heavy atom. The van der Waals surface area contributed by atoms with Gasteiger partial charge in [-0.1, -0.05) is 164 Å². The molecular formula is C46H33N. The van der Waals surface area contributed by atoms with E-state index in [0.29, 0.717) is 0 Å². The van der Waals surface area contributed by atoms with Crippen molar-refractivity contribution in [1.29, 1.82) is 0 Å². The van der Waals surface area contributed by atoms with Crippen LogP contribution >= 0.6 is 0 Å². The van der Waals surface area contributed by atoms with Crippen LogP contribution in [-0.2, 0) is 0 Å². The third kappa shape index (κ3) is 5.72. The van der Waals surface area contributed by atoms with Crippen molar-refractivity contribution in [3.63, 3.8) is 0 Å². The zero-order valence-corrected chi connectivity index (χ0v) is 26.0. The van der Waals surface area contributed by atoms with Gasteiger partial charge in [0.2, 0.25) is 0 Å². The number of nitrogens with zero attached hydrogens (tertiary/aromatic N) is 1. The molecule has 8 rings (SSSR count). The maximum absolute atomic E-state index is 2.32. The molecule has 222 valence electrons. The summed E-state index contributed by atoms with van der Waals surface area (Å²) in [5.41, 5.74) is 13.1. The molecule has 1 nitrogen and oxygen atoms in total. The van der Waals surface area contributed by atoms with E-state index in [-0.39, 0.29) is 0 Å². The third-order valence-corrected chi connectivity index (χ3v) is 8.89. The molecule has 0 heterocycles. The van der Waals surface area contributed by atoms with Crippen molar-refractivity contribution in [1.82, 2.24) is 0 Å². The number of rotatable bonds is 7. The van der Waals surface area contributed by atoms with Gasteiger partial charge in [-0.25, -0.2) is 0 Å². The fraction of sp³-hybridized carbons (Fsp3) is 0. The zero-order chi connectivity index (χ0) is 31.4. The first kappa shape index (κ1) is 28.3. The predicted molar refractivity (Wildman–Crippen MR) is 200 cm³/mol. The molecule has 1 heteroatoms. The Balaban J connectivity index is 1.19. The first-order chi connectivity index (χ1) is 23.3. The van der Waals surface area contributed by atoms with Gasteiger partial charge in [-0.3, -0.25) is 0 Å². The van der Waals surface area contributed by atoms with Crippen LogP contribution in [0.4, 0.5) is 17.1 Å². The second-order valence-corrected chi connectivity index (χ2v) is 11.8. The number of para-hydroxylation sites is 1. The van der Waals surface area contributed by atoms with Crippen LogP contribution in [0, 0.1) is 0 Å². The molecule has 0 N–H and O–H groups in total. The van der Waals surface area contributed by atoms with Crippen LogP contribution in [0.15, 0.2) is 200 Å². The molecule has 0 spiro atoms. The number of anilines is 3. The van der Waals surface area contributed by atoms with E-state index >= 15 is 0 Å². The van der Waals surface area contributed by atoms with E-state index in [4.69, 9.17) is 0 Å². The average Bonchev–Trinajstić information content (AvgIpc) is 3.16. The van der Waals surface area contributed by atoms with E-state index in [9.17, 15) is 0 Å². The monoisotopic (exact) mass is 599 g/mol. The van der Waals surface area contributed by atoms with E-state index in [1.165, 1.54) is 55.3 Å². The molecule has 0 aliphatic carbocycles. The van der Waals surface area contributed by atoms with Crippen molar-refractivity contribution in [2.45, 2.75) is 0 Å². The van der Waals surface area contributed by atoms with Gasteiger partial charge >= 0.3 is 0 Å². The van der Waals surface area contributed by atoms with Crippen molar-refractivity contribution < 1.29 is 0 Å². The summed E-state index contributed by atoms with van der Waals surface area (Å²) in [5.74, 6) is 0. The Bertz CT molecular complexity index is 2240. The minimum Gasteiger partial charge on any atom is -0.311 e. The van der Waals surface area contributed by atoms with Crippen molar-refractivity contribution in [2.75, 3.05) is 4.90 Å². The Kier molecular flexibility index (Phi) is 7.63. The predicted octanol–water partition coefficient (Wildman–Crippen LogP) is 13.0. The van der Waals surface area contributed by atoms with E-state index in [0.717, 1.165) is 17.1 Å². The first-order valence-corrected chi connectivity index (χ1v) is 16.1. The van der Waals surface area contributed by atoms with Crippen LogP contribution in [-0.4, -0.2) is 0 Å². The number of benzene rings is 8. The van der Waals surface area contributed by atoms with Crippen molar-refractivity contribution in [2.24, 2.45) is 0 Å². The molecule has 0 aliphatic rings. The highest BCUT2D eigenvalue weighted by molar-refractivity contribution is 6.04. The second kappa shape index (κ2) is 12.7. The van der Waals surface area contributed by atoms with Gasteiger partial charge in [0.25, 0.3) is 0 Å². The zero-order valence-electron chi connectivity index (χ0n) is 26.0. The molecule has 0 amide bonds. The summed E-state index contributed by atoms with van der Waals surface area (Å²) in [4.78, 5) is 2.32. The van der Waals surface area contributed by atoms with Crippen LogP contribution in [0.25, 0.3) is 55.3 Å². The van der Waals surface area contributed by atoms with Crippen molar-refractivity contribution in [3.05, 3.63) is 200 Å². The summed E-state index contributed by atoms with van der Waals surface area (Å²) in [6.07, 6.45) is 0. The van der Waals surface area contributed by atoms with Crippen molar-refractivity contribution >= 4 is 27.8 Å². The molecular weight excluding hydrogens is 567 g/mol. The number of hydrogen-bond donors (Lipinski definition) is 0. The molecule has 0 fully saturated rings. The molecule has 0 unspecified atom stereocenters. The molecule has 0 saturated heterocycles. The van der Waals surface area contributed by atoms with Crippen LogP contribution < -0.4 is 4.90 Å². The van der Waals surface area contributed by atoms with Gasteiger partial charge in [-0.2, -0.15) is 0 Å². The molecule has 0 saturated carbocycles. The van der Waals surface area contributed by atoms with E-state index in [2.05, 4.69) is 205 Å². The highest BCUT2D eigenvalue weighted by atomic mass is 15.1. The maximum atomic E-state index is 2.32. The van der Waals surface area contributed by atoms with Gasteiger partial charge in [0, 0.05) is 17.1 Å². The summed E-state index contributed by atoms with van der Waals surface area (Å²) >= 11 is 0. The maximum Gasteiger partial charge on any atom is 0.0462 e. The van der Waals surface area contributed by atoms with E-state index in [1.807, 2.05) is 0 Å². The molecule has 8 aromatic carbocycles. The van der Waals surface area contributed by atoms with Gasteiger partial charge in [0.15, 0.2) is 0 Å². The van der Waals surface area contributed by atoms with Gasteiger partial charge in [0.05, 0.1) is 0 Å². The van der Waals surface area contributed by atoms with Crippen LogP contribution in [0.5, 0.6) is 0 Å². The lowest BCUT2D eigenvalue weighted by molar-refractivity contribution is 1.28. The molecule has 0 atom stereocenters. The third-order valence-electron chi connectivity index (χ3n) is 8.89. The largest absolute Gasteiger partial charge is 0.311 e. The summed E-state index contributed by atoms with van der Waals surface area (Å²) < 4.78 is 0. The number of hydrogen-bond acceptors (Lipinski definition) is 1. The minimum atomic E-state index is 1.11. The number of fused-ring (bicyclic) bond motifs is 1. The Labute approximate surface area is 276 Å². The lowest BCUT2D eigenvalue weighted by atomic mass is 9.89. The topological polar surface area (TPSA) is 3.24 Å². The summed E-state index contributed by atoms with van der Waals surface area (Å²) in [6.45, 7) is 0. The second-order valence-electron chi connectivity index (χ2n) is 11.8. The molecule has 8 aromatic rings. The van der Waals surface area contributed by atoms with E-state index < -0.39 is 0 Å². The Hall–Kier alpha value is -6.18. The fourth-order valence-electron chi connectivity index (χ4n) is 6.53. The lowest BCUT2D eigenvalue weighted by Gasteiger charge is -2.26. The molecule has 0 radical (unpaired) electrons. The van der Waals surface area contributed by atoms with E-state index in [1.54, 1.807) is 0 Å². The van der Waals surface area contributed by atoms with Crippen molar-refractivity contribution in [3.8, 4) is 44.5 Å². The standard InChI is InChI=1S/C46H33N/c1-4-12-34(13-5-1)36-20-22-40(23-21-36)46-44-19-11-10-16-38(44)28-33-45(46)39-26-31-43(32-27-39)47(41-17-8-3-9-18-41)42-29-24-37(25-30-42)35-14-6-2-7-15-35/h1-33H. The highest BCUT2D eigenvalue weighted by Crippen LogP contribution is 2.41. The molecule has 47 heavy (non-hydrogen) atoms.